The molecule has 0 fully saturated rings. The van der Waals surface area contributed by atoms with Gasteiger partial charge in [-0.15, -0.1) is 0 Å². The molecule has 4 aromatic rings. The Morgan fingerprint density at radius 1 is 1.00 bits per heavy atom. The van der Waals surface area contributed by atoms with E-state index in [9.17, 15) is 0 Å². The smallest absolute Gasteiger partial charge is 0.148 e. The first-order valence-corrected chi connectivity index (χ1v) is 10.6. The van der Waals surface area contributed by atoms with Gasteiger partial charge in [0, 0.05) is 42.7 Å². The van der Waals surface area contributed by atoms with Crippen molar-refractivity contribution in [3.8, 4) is 22.8 Å². The number of ether oxygens (including phenoxy) is 2. The van der Waals surface area contributed by atoms with E-state index in [0.717, 1.165) is 33.8 Å². The van der Waals surface area contributed by atoms with Crippen LogP contribution in [0.25, 0.3) is 11.3 Å². The molecule has 0 saturated carbocycles. The van der Waals surface area contributed by atoms with Crippen molar-refractivity contribution in [1.82, 2.24) is 19.7 Å². The predicted octanol–water partition coefficient (Wildman–Crippen LogP) is 5.47. The minimum Gasteiger partial charge on any atom is -0.455 e. The highest BCUT2D eigenvalue weighted by Gasteiger charge is 2.23. The molecule has 4 rings (SSSR count). The van der Waals surface area contributed by atoms with Crippen molar-refractivity contribution in [3.05, 3.63) is 90.1 Å². The van der Waals surface area contributed by atoms with Gasteiger partial charge in [-0.05, 0) is 30.2 Å². The van der Waals surface area contributed by atoms with Gasteiger partial charge in [0.15, 0.2) is 0 Å². The number of hydrogen-bond donors (Lipinski definition) is 0. The zero-order chi connectivity index (χ0) is 22.6. The van der Waals surface area contributed by atoms with E-state index in [1.807, 2.05) is 56.7 Å². The molecule has 3 heterocycles. The Labute approximate surface area is 188 Å². The third kappa shape index (κ3) is 5.21. The fraction of sp³-hybridized carbons (Fsp3) is 0.269. The summed E-state index contributed by atoms with van der Waals surface area (Å²) >= 11 is 0. The summed E-state index contributed by atoms with van der Waals surface area (Å²) in [5, 5.41) is 4.22. The van der Waals surface area contributed by atoms with Gasteiger partial charge in [-0.3, -0.25) is 14.6 Å². The molecular formula is C26H28N4O2. The van der Waals surface area contributed by atoms with Crippen LogP contribution in [-0.2, 0) is 23.8 Å². The van der Waals surface area contributed by atoms with E-state index in [4.69, 9.17) is 9.47 Å². The first-order valence-electron chi connectivity index (χ1n) is 10.6. The van der Waals surface area contributed by atoms with Crippen LogP contribution in [-0.4, -0.2) is 26.4 Å². The van der Waals surface area contributed by atoms with Gasteiger partial charge < -0.3 is 9.47 Å². The van der Waals surface area contributed by atoms with Crippen molar-refractivity contribution in [2.45, 2.75) is 32.8 Å². The average Bonchev–Trinajstić information content (AvgIpc) is 3.22. The van der Waals surface area contributed by atoms with Crippen molar-refractivity contribution in [2.24, 2.45) is 7.05 Å². The molecule has 0 N–H and O–H groups in total. The van der Waals surface area contributed by atoms with Crippen LogP contribution in [0.4, 0.5) is 0 Å². The molecule has 0 aliphatic heterocycles. The highest BCUT2D eigenvalue weighted by molar-refractivity contribution is 5.59. The first-order chi connectivity index (χ1) is 15.4. The number of rotatable bonds is 8. The van der Waals surface area contributed by atoms with Crippen molar-refractivity contribution in [2.75, 3.05) is 6.61 Å². The van der Waals surface area contributed by atoms with Crippen LogP contribution < -0.4 is 4.74 Å². The lowest BCUT2D eigenvalue weighted by molar-refractivity contribution is 0.0823. The molecule has 0 saturated heterocycles. The number of nitrogens with zero attached hydrogens (tertiary/aromatic N) is 4. The van der Waals surface area contributed by atoms with Crippen LogP contribution in [0.1, 0.15) is 30.7 Å². The maximum absolute atomic E-state index is 6.22. The van der Waals surface area contributed by atoms with Crippen molar-refractivity contribution in [1.29, 1.82) is 0 Å². The molecule has 32 heavy (non-hydrogen) atoms. The summed E-state index contributed by atoms with van der Waals surface area (Å²) in [5.41, 5.74) is 4.59. The third-order valence-electron chi connectivity index (χ3n) is 5.36. The maximum atomic E-state index is 6.22. The van der Waals surface area contributed by atoms with E-state index < -0.39 is 0 Å². The number of pyridine rings is 2. The Morgan fingerprint density at radius 2 is 1.81 bits per heavy atom. The molecule has 0 spiro atoms. The lowest BCUT2D eigenvalue weighted by Gasteiger charge is -2.25. The highest BCUT2D eigenvalue weighted by Crippen LogP contribution is 2.31. The number of aryl methyl sites for hydroxylation is 2. The molecule has 0 bridgehead atoms. The molecule has 164 valence electrons. The normalized spacial score (nSPS) is 11.5. The van der Waals surface area contributed by atoms with Crippen molar-refractivity contribution in [3.63, 3.8) is 0 Å². The first kappa shape index (κ1) is 21.7. The molecule has 0 aliphatic carbocycles. The summed E-state index contributed by atoms with van der Waals surface area (Å²) < 4.78 is 14.0. The van der Waals surface area contributed by atoms with Gasteiger partial charge in [0.1, 0.15) is 11.5 Å². The molecule has 1 aromatic carbocycles. The number of hydrogen-bond acceptors (Lipinski definition) is 5. The molecule has 0 aliphatic rings. The lowest BCUT2D eigenvalue weighted by Crippen LogP contribution is -2.24. The lowest BCUT2D eigenvalue weighted by atomic mass is 9.86. The summed E-state index contributed by atoms with van der Waals surface area (Å²) in [5.74, 6) is 1.43. The van der Waals surface area contributed by atoms with Gasteiger partial charge >= 0.3 is 0 Å². The van der Waals surface area contributed by atoms with Crippen LogP contribution in [0.5, 0.6) is 11.5 Å². The summed E-state index contributed by atoms with van der Waals surface area (Å²) in [6.07, 6.45) is 7.36. The van der Waals surface area contributed by atoms with E-state index in [2.05, 4.69) is 47.1 Å². The second-order valence-corrected chi connectivity index (χ2v) is 8.55. The zero-order valence-electron chi connectivity index (χ0n) is 18.9. The van der Waals surface area contributed by atoms with Crippen LogP contribution >= 0.6 is 0 Å². The number of benzene rings is 1. The van der Waals surface area contributed by atoms with Crippen LogP contribution in [0, 0.1) is 6.92 Å². The zero-order valence-corrected chi connectivity index (χ0v) is 18.9. The van der Waals surface area contributed by atoms with E-state index in [1.54, 1.807) is 17.1 Å². The van der Waals surface area contributed by atoms with Crippen molar-refractivity contribution >= 4 is 0 Å². The Morgan fingerprint density at radius 3 is 2.56 bits per heavy atom. The van der Waals surface area contributed by atoms with E-state index in [-0.39, 0.29) is 5.41 Å². The molecule has 3 aromatic heterocycles. The highest BCUT2D eigenvalue weighted by atomic mass is 16.5. The minimum absolute atomic E-state index is 0.216. The van der Waals surface area contributed by atoms with Gasteiger partial charge in [-0.25, -0.2) is 0 Å². The Bertz CT molecular complexity index is 1190. The van der Waals surface area contributed by atoms with E-state index in [1.165, 1.54) is 0 Å². The topological polar surface area (TPSA) is 62.1 Å². The standard InChI is InChI=1S/C26H28N4O2/c1-19-25(32-23-10-11-27-24(13-23)21-14-29-30(4)16-21)12-22(15-28-19)26(2,3)18-31-17-20-8-6-5-7-9-20/h5-16H,17-18H2,1-4H3. The fourth-order valence-electron chi connectivity index (χ4n) is 3.38. The molecule has 0 amide bonds. The SMILES string of the molecule is Cc1ncc(C(C)(C)COCc2ccccc2)cc1Oc1ccnc(-c2cnn(C)c2)c1. The van der Waals surface area contributed by atoms with Gasteiger partial charge in [0.05, 0.1) is 30.8 Å². The quantitative estimate of drug-likeness (QED) is 0.372. The van der Waals surface area contributed by atoms with Gasteiger partial charge in [0.2, 0.25) is 0 Å². The van der Waals surface area contributed by atoms with Crippen LogP contribution in [0.2, 0.25) is 0 Å². The summed E-state index contributed by atoms with van der Waals surface area (Å²) in [6, 6.07) is 16.0. The van der Waals surface area contributed by atoms with Crippen LogP contribution in [0.15, 0.2) is 73.3 Å². The van der Waals surface area contributed by atoms with Gasteiger partial charge in [0.25, 0.3) is 0 Å². The number of aromatic nitrogens is 4. The molecule has 6 heteroatoms. The fourth-order valence-corrected chi connectivity index (χ4v) is 3.38. The second-order valence-electron chi connectivity index (χ2n) is 8.55. The molecule has 0 atom stereocenters. The summed E-state index contributed by atoms with van der Waals surface area (Å²) in [6.45, 7) is 7.41. The van der Waals surface area contributed by atoms with E-state index >= 15 is 0 Å². The van der Waals surface area contributed by atoms with Gasteiger partial charge in [-0.2, -0.15) is 5.10 Å². The van der Waals surface area contributed by atoms with Crippen LogP contribution in [0.3, 0.4) is 0 Å². The van der Waals surface area contributed by atoms with Gasteiger partial charge in [-0.1, -0.05) is 44.2 Å². The second kappa shape index (κ2) is 9.32. The Balaban J connectivity index is 1.48. The Kier molecular flexibility index (Phi) is 6.32. The molecule has 0 radical (unpaired) electrons. The monoisotopic (exact) mass is 428 g/mol. The predicted molar refractivity (Wildman–Crippen MR) is 125 cm³/mol. The summed E-state index contributed by atoms with van der Waals surface area (Å²) in [4.78, 5) is 9.02. The van der Waals surface area contributed by atoms with E-state index in [0.29, 0.717) is 19.0 Å². The Hall–Kier alpha value is -3.51. The largest absolute Gasteiger partial charge is 0.455 e. The third-order valence-corrected chi connectivity index (χ3v) is 5.36. The summed E-state index contributed by atoms with van der Waals surface area (Å²) in [7, 11) is 1.88. The minimum atomic E-state index is -0.216. The molecule has 6 nitrogen and oxygen atoms in total. The maximum Gasteiger partial charge on any atom is 0.148 e. The molecule has 0 unspecified atom stereocenters. The van der Waals surface area contributed by atoms with Crippen molar-refractivity contribution < 1.29 is 9.47 Å². The molecular weight excluding hydrogens is 400 g/mol. The average molecular weight is 429 g/mol.